The molecule has 6 heteroatoms. The Morgan fingerprint density at radius 2 is 0.920 bits per heavy atom. The zero-order chi connectivity index (χ0) is 35.4. The highest BCUT2D eigenvalue weighted by atomic mass is 32.1. The summed E-state index contributed by atoms with van der Waals surface area (Å²) in [7, 11) is -4.28. The molecule has 2 aromatic heterocycles. The third kappa shape index (κ3) is 5.21. The van der Waals surface area contributed by atoms with Crippen LogP contribution in [0.5, 0.6) is 11.5 Å². The van der Waals surface area contributed by atoms with Crippen molar-refractivity contribution in [2.24, 2.45) is 0 Å². The summed E-state index contributed by atoms with van der Waals surface area (Å²) in [5, 5.41) is 10.4. The van der Waals surface area contributed by atoms with Crippen LogP contribution >= 0.6 is 22.7 Å². The Labute approximate surface area is 305 Å². The van der Waals surface area contributed by atoms with Crippen LogP contribution in [0.25, 0.3) is 73.0 Å². The van der Waals surface area contributed by atoms with Gasteiger partial charge in [-0.3, -0.25) is 0 Å². The molecule has 2 nitrogen and oxygen atoms in total. The predicted octanol–water partition coefficient (Wildman–Crippen LogP) is 15.2. The topological polar surface area (TPSA) is 18.5 Å². The second kappa shape index (κ2) is 11.4. The fourth-order valence-electron chi connectivity index (χ4n) is 6.75. The maximum absolute atomic E-state index is 7.28. The quantitative estimate of drug-likeness (QED) is 0.164. The SMILES string of the molecule is CC(C)(C)[Si](C)(C)Oc1cccc2ccc3sc4ccc5sc6ccc7c(-c8ccccc8)ccc(O[Si](C)(C)C(C)(C)C)c7c6c5c4c3c12. The summed E-state index contributed by atoms with van der Waals surface area (Å²) in [6, 6.07) is 35.9. The first kappa shape index (κ1) is 33.5. The maximum atomic E-state index is 7.28. The van der Waals surface area contributed by atoms with E-state index in [1.807, 2.05) is 22.7 Å². The number of rotatable bonds is 5. The van der Waals surface area contributed by atoms with Crippen LogP contribution in [0.2, 0.25) is 36.3 Å². The van der Waals surface area contributed by atoms with E-state index in [0.717, 1.165) is 11.5 Å². The molecule has 8 rings (SSSR count). The van der Waals surface area contributed by atoms with Crippen LogP contribution in [-0.2, 0) is 0 Å². The van der Waals surface area contributed by atoms with E-state index in [9.17, 15) is 0 Å². The van der Waals surface area contributed by atoms with E-state index in [0.29, 0.717) is 0 Å². The lowest BCUT2D eigenvalue weighted by atomic mass is 9.93. The van der Waals surface area contributed by atoms with E-state index in [-0.39, 0.29) is 10.1 Å². The first-order valence-electron chi connectivity index (χ1n) is 17.7. The van der Waals surface area contributed by atoms with Gasteiger partial charge in [0.25, 0.3) is 16.6 Å². The fraction of sp³-hybridized carbons (Fsp3) is 0.273. The molecule has 0 saturated carbocycles. The van der Waals surface area contributed by atoms with Crippen molar-refractivity contribution in [3.05, 3.63) is 97.1 Å². The van der Waals surface area contributed by atoms with Gasteiger partial charge >= 0.3 is 0 Å². The van der Waals surface area contributed by atoms with Crippen LogP contribution in [0.15, 0.2) is 97.1 Å². The van der Waals surface area contributed by atoms with Crippen LogP contribution in [0, 0.1) is 0 Å². The minimum absolute atomic E-state index is 0.0678. The summed E-state index contributed by atoms with van der Waals surface area (Å²) >= 11 is 3.79. The summed E-state index contributed by atoms with van der Waals surface area (Å²) in [6.45, 7) is 23.3. The van der Waals surface area contributed by atoms with Crippen LogP contribution in [0.4, 0.5) is 0 Å². The minimum Gasteiger partial charge on any atom is -0.543 e. The van der Waals surface area contributed by atoms with E-state index >= 15 is 0 Å². The van der Waals surface area contributed by atoms with Gasteiger partial charge in [-0.1, -0.05) is 102 Å². The first-order chi connectivity index (χ1) is 23.6. The third-order valence-corrected chi connectivity index (χ3v) is 22.5. The van der Waals surface area contributed by atoms with Gasteiger partial charge in [0.05, 0.1) is 0 Å². The Morgan fingerprint density at radius 3 is 1.48 bits per heavy atom. The van der Waals surface area contributed by atoms with Crippen molar-refractivity contribution in [1.29, 1.82) is 0 Å². The van der Waals surface area contributed by atoms with Gasteiger partial charge in [0.2, 0.25) is 0 Å². The highest BCUT2D eigenvalue weighted by Crippen LogP contribution is 2.52. The van der Waals surface area contributed by atoms with Crippen molar-refractivity contribution in [2.75, 3.05) is 0 Å². The Morgan fingerprint density at radius 1 is 0.440 bits per heavy atom. The molecule has 0 N–H and O–H groups in total. The lowest BCUT2D eigenvalue weighted by molar-refractivity contribution is 0.496. The predicted molar refractivity (Wildman–Crippen MR) is 228 cm³/mol. The van der Waals surface area contributed by atoms with Crippen LogP contribution in [0.3, 0.4) is 0 Å². The normalized spacial score (nSPS) is 13.4. The van der Waals surface area contributed by atoms with Gasteiger partial charge in [0.15, 0.2) is 0 Å². The minimum atomic E-state index is -2.17. The number of benzene rings is 6. The van der Waals surface area contributed by atoms with Gasteiger partial charge in [0, 0.05) is 51.1 Å². The fourth-order valence-corrected chi connectivity index (χ4v) is 11.0. The number of fused-ring (bicyclic) bond motifs is 11. The van der Waals surface area contributed by atoms with Crippen LogP contribution < -0.4 is 8.85 Å². The molecule has 0 aliphatic rings. The lowest BCUT2D eigenvalue weighted by Crippen LogP contribution is -2.43. The van der Waals surface area contributed by atoms with E-state index in [4.69, 9.17) is 8.85 Å². The largest absolute Gasteiger partial charge is 0.543 e. The standard InChI is InChI=1S/C44H46O2S2Si2/c1-43(2,3)49(7,8)45-31-18-14-17-28-19-23-33-39(37(28)31)41-35(47-33)25-26-36-42(41)40-34(48-36)24-21-30-29(27-15-12-11-13-16-27)20-22-32(38(30)40)46-50(9,10)44(4,5)6/h11-26H,1-10H3. The van der Waals surface area contributed by atoms with Crippen LogP contribution in [0.1, 0.15) is 41.5 Å². The molecule has 0 aliphatic carbocycles. The second-order valence-corrected chi connectivity index (χ2v) is 28.5. The second-order valence-electron chi connectivity index (χ2n) is 16.9. The molecule has 2 heterocycles. The molecule has 0 bridgehead atoms. The Kier molecular flexibility index (Phi) is 7.63. The highest BCUT2D eigenvalue weighted by molar-refractivity contribution is 7.28. The molecule has 0 atom stereocenters. The molecule has 6 aromatic carbocycles. The van der Waals surface area contributed by atoms with Crippen molar-refractivity contribution in [3.63, 3.8) is 0 Å². The molecule has 50 heavy (non-hydrogen) atoms. The molecule has 0 aliphatic heterocycles. The molecular formula is C44H46O2S2Si2. The van der Waals surface area contributed by atoms with E-state index in [2.05, 4.69) is 165 Å². The monoisotopic (exact) mass is 726 g/mol. The molecule has 254 valence electrons. The van der Waals surface area contributed by atoms with Crippen molar-refractivity contribution < 1.29 is 8.85 Å². The summed E-state index contributed by atoms with van der Waals surface area (Å²) in [4.78, 5) is 0. The summed E-state index contributed by atoms with van der Waals surface area (Å²) in [5.74, 6) is 2.01. The molecule has 0 spiro atoms. The van der Waals surface area contributed by atoms with Gasteiger partial charge in [0.1, 0.15) is 11.5 Å². The zero-order valence-corrected chi connectivity index (χ0v) is 34.5. The summed E-state index contributed by atoms with van der Waals surface area (Å²) < 4.78 is 19.7. The average molecular weight is 727 g/mol. The van der Waals surface area contributed by atoms with Gasteiger partial charge in [-0.15, -0.1) is 22.7 Å². The van der Waals surface area contributed by atoms with Crippen molar-refractivity contribution in [2.45, 2.75) is 77.8 Å². The first-order valence-corrected chi connectivity index (χ1v) is 25.1. The maximum Gasteiger partial charge on any atom is 0.250 e. The van der Waals surface area contributed by atoms with E-state index < -0.39 is 16.6 Å². The van der Waals surface area contributed by atoms with Crippen molar-refractivity contribution >= 4 is 101 Å². The van der Waals surface area contributed by atoms with Gasteiger partial charge < -0.3 is 8.85 Å². The third-order valence-electron chi connectivity index (χ3n) is 11.6. The van der Waals surface area contributed by atoms with Crippen LogP contribution in [-0.4, -0.2) is 16.6 Å². The zero-order valence-electron chi connectivity index (χ0n) is 30.9. The lowest BCUT2D eigenvalue weighted by Gasteiger charge is -2.37. The molecule has 0 fully saturated rings. The molecule has 0 unspecified atom stereocenters. The Hall–Kier alpha value is -3.69. The van der Waals surface area contributed by atoms with E-state index in [1.165, 1.54) is 73.0 Å². The highest BCUT2D eigenvalue weighted by Gasteiger charge is 2.40. The van der Waals surface area contributed by atoms with Crippen molar-refractivity contribution in [3.8, 4) is 22.6 Å². The van der Waals surface area contributed by atoms with Gasteiger partial charge in [-0.05, 0) is 94.6 Å². The Balaban J connectivity index is 1.55. The molecule has 0 amide bonds. The number of thiophene rings is 2. The van der Waals surface area contributed by atoms with Gasteiger partial charge in [-0.25, -0.2) is 0 Å². The molecule has 0 radical (unpaired) electrons. The average Bonchev–Trinajstić information content (AvgIpc) is 3.62. The molecular weight excluding hydrogens is 681 g/mol. The van der Waals surface area contributed by atoms with Gasteiger partial charge in [-0.2, -0.15) is 0 Å². The smallest absolute Gasteiger partial charge is 0.250 e. The van der Waals surface area contributed by atoms with Crippen molar-refractivity contribution in [1.82, 2.24) is 0 Å². The molecule has 8 aromatic rings. The Bertz CT molecular complexity index is 2620. The number of hydrogen-bond donors (Lipinski definition) is 0. The molecule has 0 saturated heterocycles. The number of hydrogen-bond acceptors (Lipinski definition) is 4. The van der Waals surface area contributed by atoms with E-state index in [1.54, 1.807) is 0 Å². The summed E-state index contributed by atoms with van der Waals surface area (Å²) in [6.07, 6.45) is 0. The summed E-state index contributed by atoms with van der Waals surface area (Å²) in [5.41, 5.74) is 2.46.